The van der Waals surface area contributed by atoms with Crippen molar-refractivity contribution < 1.29 is 4.39 Å². The first kappa shape index (κ1) is 12.5. The Kier molecular flexibility index (Phi) is 3.58. The Labute approximate surface area is 111 Å². The zero-order valence-electron chi connectivity index (χ0n) is 9.23. The highest BCUT2D eigenvalue weighted by atomic mass is 79.9. The van der Waals surface area contributed by atoms with Crippen molar-refractivity contribution in [2.45, 2.75) is 6.54 Å². The van der Waals surface area contributed by atoms with E-state index < -0.39 is 5.82 Å². The molecule has 0 atom stereocenters. The number of aromatic nitrogens is 1. The van der Waals surface area contributed by atoms with Crippen LogP contribution in [0.4, 0.5) is 4.39 Å². The fourth-order valence-corrected chi connectivity index (χ4v) is 2.00. The quantitative estimate of drug-likeness (QED) is 0.856. The molecule has 1 aromatic heterocycles. The van der Waals surface area contributed by atoms with Gasteiger partial charge in [0.2, 0.25) is 0 Å². The molecule has 0 aliphatic rings. The fourth-order valence-electron chi connectivity index (χ4n) is 1.62. The van der Waals surface area contributed by atoms with Gasteiger partial charge in [-0.1, -0.05) is 0 Å². The third kappa shape index (κ3) is 2.49. The first-order chi connectivity index (χ1) is 8.61. The Morgan fingerprint density at radius 2 is 2.17 bits per heavy atom. The van der Waals surface area contributed by atoms with Gasteiger partial charge in [-0.15, -0.1) is 0 Å². The summed E-state index contributed by atoms with van der Waals surface area (Å²) in [6, 6.07) is 9.23. The molecule has 1 heterocycles. The lowest BCUT2D eigenvalue weighted by atomic mass is 10.1. The van der Waals surface area contributed by atoms with E-state index in [4.69, 9.17) is 5.26 Å². The average Bonchev–Trinajstić information content (AvgIpc) is 2.35. The van der Waals surface area contributed by atoms with Crippen LogP contribution in [0.25, 0.3) is 0 Å². The average molecular weight is 307 g/mol. The second-order valence-corrected chi connectivity index (χ2v) is 4.56. The number of benzene rings is 1. The standard InChI is InChI=1S/C13H8BrFN2O/c14-12-2-1-5-17(13(12)18)8-10-6-11(15)4-3-9(10)7-16/h1-6H,8H2. The molecule has 0 N–H and O–H groups in total. The molecule has 3 nitrogen and oxygen atoms in total. The van der Waals surface area contributed by atoms with Crippen molar-refractivity contribution in [2.24, 2.45) is 0 Å². The second kappa shape index (κ2) is 5.15. The SMILES string of the molecule is N#Cc1ccc(F)cc1Cn1cccc(Br)c1=O. The lowest BCUT2D eigenvalue weighted by molar-refractivity contribution is 0.622. The van der Waals surface area contributed by atoms with Gasteiger partial charge in [-0.3, -0.25) is 4.79 Å². The van der Waals surface area contributed by atoms with Crippen LogP contribution in [-0.2, 0) is 6.54 Å². The van der Waals surface area contributed by atoms with Crippen LogP contribution in [0, 0.1) is 17.1 Å². The smallest absolute Gasteiger partial charge is 0.265 e. The van der Waals surface area contributed by atoms with Gasteiger partial charge in [0.05, 0.1) is 22.7 Å². The van der Waals surface area contributed by atoms with Crippen LogP contribution < -0.4 is 5.56 Å². The predicted octanol–water partition coefficient (Wildman–Crippen LogP) is 2.67. The zero-order valence-corrected chi connectivity index (χ0v) is 10.8. The summed E-state index contributed by atoms with van der Waals surface area (Å²) >= 11 is 3.14. The number of rotatable bonds is 2. The molecule has 1 aromatic carbocycles. The van der Waals surface area contributed by atoms with Gasteiger partial charge in [0.15, 0.2) is 0 Å². The van der Waals surface area contributed by atoms with Crippen LogP contribution in [-0.4, -0.2) is 4.57 Å². The summed E-state index contributed by atoms with van der Waals surface area (Å²) < 4.78 is 15.0. The largest absolute Gasteiger partial charge is 0.310 e. The topological polar surface area (TPSA) is 45.8 Å². The molecule has 0 aliphatic carbocycles. The van der Waals surface area contributed by atoms with Crippen LogP contribution in [0.15, 0.2) is 45.8 Å². The van der Waals surface area contributed by atoms with E-state index in [1.54, 1.807) is 18.3 Å². The summed E-state index contributed by atoms with van der Waals surface area (Å²) in [6.45, 7) is 0.166. The Morgan fingerprint density at radius 3 is 2.89 bits per heavy atom. The predicted molar refractivity (Wildman–Crippen MR) is 68.6 cm³/mol. The van der Waals surface area contributed by atoms with E-state index >= 15 is 0 Å². The summed E-state index contributed by atoms with van der Waals surface area (Å²) in [6.07, 6.45) is 1.60. The zero-order chi connectivity index (χ0) is 13.1. The fraction of sp³-hybridized carbons (Fsp3) is 0.0769. The van der Waals surface area contributed by atoms with Crippen molar-refractivity contribution in [3.8, 4) is 6.07 Å². The number of pyridine rings is 1. The van der Waals surface area contributed by atoms with Gasteiger partial charge in [0.25, 0.3) is 5.56 Å². The molecule has 2 rings (SSSR count). The summed E-state index contributed by atoms with van der Waals surface area (Å²) in [4.78, 5) is 11.8. The van der Waals surface area contributed by atoms with Gasteiger partial charge in [-0.05, 0) is 51.8 Å². The molecule has 5 heteroatoms. The minimum atomic E-state index is -0.424. The van der Waals surface area contributed by atoms with Gasteiger partial charge >= 0.3 is 0 Å². The Balaban J connectivity index is 2.46. The molecule has 0 bridgehead atoms. The summed E-state index contributed by atoms with van der Waals surface area (Å²) in [7, 11) is 0. The van der Waals surface area contributed by atoms with Crippen LogP contribution in [0.3, 0.4) is 0 Å². The van der Waals surface area contributed by atoms with E-state index in [9.17, 15) is 9.18 Å². The Morgan fingerprint density at radius 1 is 1.39 bits per heavy atom. The van der Waals surface area contributed by atoms with Gasteiger partial charge < -0.3 is 4.57 Å². The van der Waals surface area contributed by atoms with E-state index in [-0.39, 0.29) is 12.1 Å². The van der Waals surface area contributed by atoms with Gasteiger partial charge in [0.1, 0.15) is 5.82 Å². The first-order valence-electron chi connectivity index (χ1n) is 5.15. The van der Waals surface area contributed by atoms with Crippen molar-refractivity contribution in [2.75, 3.05) is 0 Å². The lowest BCUT2D eigenvalue weighted by Crippen LogP contribution is -2.20. The minimum Gasteiger partial charge on any atom is -0.310 e. The van der Waals surface area contributed by atoms with Crippen molar-refractivity contribution in [3.05, 3.63) is 68.3 Å². The molecule has 0 unspecified atom stereocenters. The van der Waals surface area contributed by atoms with Crippen LogP contribution in [0.1, 0.15) is 11.1 Å². The number of nitrogens with zero attached hydrogens (tertiary/aromatic N) is 2. The highest BCUT2D eigenvalue weighted by molar-refractivity contribution is 9.10. The Bertz CT molecular complexity index is 688. The van der Waals surface area contributed by atoms with Crippen LogP contribution in [0.5, 0.6) is 0 Å². The molecule has 90 valence electrons. The monoisotopic (exact) mass is 306 g/mol. The van der Waals surface area contributed by atoms with E-state index in [1.165, 1.54) is 22.8 Å². The first-order valence-corrected chi connectivity index (χ1v) is 5.94. The molecule has 0 aliphatic heterocycles. The van der Waals surface area contributed by atoms with E-state index in [2.05, 4.69) is 15.9 Å². The molecular formula is C13H8BrFN2O. The van der Waals surface area contributed by atoms with E-state index in [1.807, 2.05) is 6.07 Å². The van der Waals surface area contributed by atoms with Gasteiger partial charge in [-0.2, -0.15) is 5.26 Å². The molecule has 0 fully saturated rings. The lowest BCUT2D eigenvalue weighted by Gasteiger charge is -2.07. The number of hydrogen-bond acceptors (Lipinski definition) is 2. The number of halogens is 2. The summed E-state index contributed by atoms with van der Waals surface area (Å²) in [5, 5.41) is 8.94. The molecule has 0 radical (unpaired) electrons. The van der Waals surface area contributed by atoms with Crippen LogP contribution in [0.2, 0.25) is 0 Å². The molecule has 0 saturated heterocycles. The van der Waals surface area contributed by atoms with Gasteiger partial charge in [0, 0.05) is 6.20 Å². The second-order valence-electron chi connectivity index (χ2n) is 3.70. The van der Waals surface area contributed by atoms with Crippen molar-refractivity contribution in [3.63, 3.8) is 0 Å². The van der Waals surface area contributed by atoms with E-state index in [0.29, 0.717) is 15.6 Å². The molecule has 2 aromatic rings. The number of nitriles is 1. The normalized spacial score (nSPS) is 10.1. The Hall–Kier alpha value is -1.93. The third-order valence-corrected chi connectivity index (χ3v) is 3.11. The van der Waals surface area contributed by atoms with Gasteiger partial charge in [-0.25, -0.2) is 4.39 Å². The third-order valence-electron chi connectivity index (χ3n) is 2.50. The highest BCUT2D eigenvalue weighted by Gasteiger charge is 2.06. The maximum absolute atomic E-state index is 13.2. The molecular weight excluding hydrogens is 299 g/mol. The molecule has 0 saturated carbocycles. The molecule has 18 heavy (non-hydrogen) atoms. The number of hydrogen-bond donors (Lipinski definition) is 0. The summed E-state index contributed by atoms with van der Waals surface area (Å²) in [5.41, 5.74) is 0.631. The van der Waals surface area contributed by atoms with E-state index in [0.717, 1.165) is 0 Å². The maximum Gasteiger partial charge on any atom is 0.265 e. The van der Waals surface area contributed by atoms with Crippen LogP contribution >= 0.6 is 15.9 Å². The summed E-state index contributed by atoms with van der Waals surface area (Å²) in [5.74, 6) is -0.424. The highest BCUT2D eigenvalue weighted by Crippen LogP contribution is 2.12. The minimum absolute atomic E-state index is 0.166. The maximum atomic E-state index is 13.2. The van der Waals surface area contributed by atoms with Crippen molar-refractivity contribution in [1.29, 1.82) is 5.26 Å². The molecule has 0 amide bonds. The molecule has 0 spiro atoms. The van der Waals surface area contributed by atoms with Crippen molar-refractivity contribution >= 4 is 15.9 Å². The van der Waals surface area contributed by atoms with Crippen molar-refractivity contribution in [1.82, 2.24) is 4.57 Å².